The summed E-state index contributed by atoms with van der Waals surface area (Å²) in [7, 11) is 0. The monoisotopic (exact) mass is 227 g/mol. The van der Waals surface area contributed by atoms with Crippen molar-refractivity contribution in [1.82, 2.24) is 4.98 Å². The summed E-state index contributed by atoms with van der Waals surface area (Å²) >= 11 is 0. The number of hydrogen-bond acceptors (Lipinski definition) is 4. The van der Waals surface area contributed by atoms with Gasteiger partial charge in [0.25, 0.3) is 12.1 Å². The zero-order valence-electron chi connectivity index (χ0n) is 8.28. The fourth-order valence-electron chi connectivity index (χ4n) is 1.34. The van der Waals surface area contributed by atoms with E-state index in [4.69, 9.17) is 5.26 Å². The van der Waals surface area contributed by atoms with E-state index in [1.165, 1.54) is 6.92 Å². The van der Waals surface area contributed by atoms with Gasteiger partial charge in [0.05, 0.1) is 28.7 Å². The number of hydrogen-bond donors (Lipinski definition) is 0. The van der Waals surface area contributed by atoms with Crippen LogP contribution in [0.3, 0.4) is 0 Å². The fraction of sp³-hybridized carbons (Fsp3) is 0.333. The molecule has 0 aliphatic carbocycles. The Morgan fingerprint density at radius 2 is 2.31 bits per heavy atom. The third kappa shape index (κ3) is 2.11. The van der Waals surface area contributed by atoms with Crippen LogP contribution in [0.15, 0.2) is 6.20 Å². The maximum Gasteiger partial charge on any atom is 0.285 e. The van der Waals surface area contributed by atoms with E-state index < -0.39 is 22.6 Å². The lowest BCUT2D eigenvalue weighted by Gasteiger charge is -2.07. The molecule has 0 aliphatic rings. The van der Waals surface area contributed by atoms with Crippen molar-refractivity contribution >= 4 is 5.69 Å². The molecule has 0 amide bonds. The molecule has 0 unspecified atom stereocenters. The van der Waals surface area contributed by atoms with Gasteiger partial charge in [0.1, 0.15) is 5.56 Å². The highest BCUT2D eigenvalue weighted by atomic mass is 19.3. The number of aromatic nitrogens is 1. The molecular weight excluding hydrogens is 220 g/mol. The molecule has 0 N–H and O–H groups in total. The molecule has 0 aliphatic heterocycles. The van der Waals surface area contributed by atoms with Crippen LogP contribution in [0.1, 0.15) is 23.2 Å². The molecular formula is C9H7F2N3O2. The van der Waals surface area contributed by atoms with Crippen molar-refractivity contribution in [2.45, 2.75) is 19.8 Å². The predicted octanol–water partition coefficient (Wildman–Crippen LogP) is 2.30. The molecule has 0 radical (unpaired) electrons. The lowest BCUT2D eigenvalue weighted by molar-refractivity contribution is -0.387. The van der Waals surface area contributed by atoms with Gasteiger partial charge in [-0.1, -0.05) is 0 Å². The molecule has 1 aromatic rings. The molecule has 0 bridgehead atoms. The van der Waals surface area contributed by atoms with Gasteiger partial charge in [-0.15, -0.1) is 0 Å². The number of rotatable bonds is 3. The molecule has 0 atom stereocenters. The van der Waals surface area contributed by atoms with Gasteiger partial charge in [-0.25, -0.2) is 8.78 Å². The number of pyridine rings is 1. The van der Waals surface area contributed by atoms with Gasteiger partial charge in [-0.3, -0.25) is 15.1 Å². The Balaban J connectivity index is 3.51. The molecule has 0 fully saturated rings. The molecule has 1 aromatic heterocycles. The van der Waals surface area contributed by atoms with Crippen molar-refractivity contribution in [3.8, 4) is 6.07 Å². The largest absolute Gasteiger partial charge is 0.285 e. The standard InChI is InChI=1S/C9H7F2N3O2/c1-5-7(9(10)11)8(14(15)16)6(2-3-12)4-13-5/h4,9H,2H2,1H3. The van der Waals surface area contributed by atoms with Gasteiger partial charge in [-0.2, -0.15) is 5.26 Å². The zero-order chi connectivity index (χ0) is 12.3. The molecule has 7 heteroatoms. The number of aryl methyl sites for hydroxylation is 1. The maximum absolute atomic E-state index is 12.6. The first kappa shape index (κ1) is 12.0. The molecule has 1 heterocycles. The summed E-state index contributed by atoms with van der Waals surface area (Å²) in [5, 5.41) is 19.1. The summed E-state index contributed by atoms with van der Waals surface area (Å²) in [5.41, 5.74) is -1.60. The first-order valence-corrected chi connectivity index (χ1v) is 4.27. The topological polar surface area (TPSA) is 79.8 Å². The van der Waals surface area contributed by atoms with Crippen LogP contribution in [0.25, 0.3) is 0 Å². The SMILES string of the molecule is Cc1ncc(CC#N)c([N+](=O)[O-])c1C(F)F. The average Bonchev–Trinajstić information content (AvgIpc) is 2.19. The van der Waals surface area contributed by atoms with Crippen molar-refractivity contribution in [2.24, 2.45) is 0 Å². The summed E-state index contributed by atoms with van der Waals surface area (Å²) in [6.07, 6.45) is -2.21. The molecule has 84 valence electrons. The van der Waals surface area contributed by atoms with Crippen molar-refractivity contribution in [2.75, 3.05) is 0 Å². The minimum Gasteiger partial charge on any atom is -0.260 e. The normalized spacial score (nSPS) is 10.2. The molecule has 5 nitrogen and oxygen atoms in total. The zero-order valence-corrected chi connectivity index (χ0v) is 8.28. The van der Waals surface area contributed by atoms with Crippen LogP contribution in [-0.4, -0.2) is 9.91 Å². The van der Waals surface area contributed by atoms with Crippen LogP contribution >= 0.6 is 0 Å². The van der Waals surface area contributed by atoms with E-state index in [1.807, 2.05) is 0 Å². The van der Waals surface area contributed by atoms with E-state index >= 15 is 0 Å². The Bertz CT molecular complexity index is 469. The van der Waals surface area contributed by atoms with Crippen molar-refractivity contribution in [3.05, 3.63) is 33.1 Å². The van der Waals surface area contributed by atoms with Crippen LogP contribution in [0.5, 0.6) is 0 Å². The molecule has 0 spiro atoms. The van der Waals surface area contributed by atoms with E-state index in [-0.39, 0.29) is 17.7 Å². The quantitative estimate of drug-likeness (QED) is 0.586. The summed E-state index contributed by atoms with van der Waals surface area (Å²) in [6.45, 7) is 1.27. The van der Waals surface area contributed by atoms with Crippen LogP contribution in [0.2, 0.25) is 0 Å². The molecule has 0 saturated carbocycles. The Kier molecular flexibility index (Phi) is 3.45. The lowest BCUT2D eigenvalue weighted by atomic mass is 10.1. The summed E-state index contributed by atoms with van der Waals surface area (Å²) in [4.78, 5) is 13.4. The van der Waals surface area contributed by atoms with Gasteiger partial charge in [0.2, 0.25) is 0 Å². The van der Waals surface area contributed by atoms with Gasteiger partial charge in [-0.05, 0) is 6.92 Å². The maximum atomic E-state index is 12.6. The Labute approximate surface area is 89.5 Å². The highest BCUT2D eigenvalue weighted by molar-refractivity contribution is 5.50. The Hall–Kier alpha value is -2.10. The van der Waals surface area contributed by atoms with Crippen LogP contribution in [0.4, 0.5) is 14.5 Å². The minimum atomic E-state index is -2.98. The highest BCUT2D eigenvalue weighted by Gasteiger charge is 2.28. The molecule has 1 rings (SSSR count). The average molecular weight is 227 g/mol. The second-order valence-corrected chi connectivity index (χ2v) is 3.02. The van der Waals surface area contributed by atoms with Gasteiger partial charge >= 0.3 is 0 Å². The van der Waals surface area contributed by atoms with Crippen molar-refractivity contribution in [3.63, 3.8) is 0 Å². The van der Waals surface area contributed by atoms with E-state index in [0.717, 1.165) is 6.20 Å². The Morgan fingerprint density at radius 3 is 2.75 bits per heavy atom. The summed E-state index contributed by atoms with van der Waals surface area (Å²) < 4.78 is 25.3. The molecule has 0 saturated heterocycles. The molecule has 16 heavy (non-hydrogen) atoms. The first-order valence-electron chi connectivity index (χ1n) is 4.27. The van der Waals surface area contributed by atoms with Crippen LogP contribution in [-0.2, 0) is 6.42 Å². The van der Waals surface area contributed by atoms with E-state index in [0.29, 0.717) is 0 Å². The lowest BCUT2D eigenvalue weighted by Crippen LogP contribution is -2.05. The highest BCUT2D eigenvalue weighted by Crippen LogP contribution is 2.33. The van der Waals surface area contributed by atoms with E-state index in [1.54, 1.807) is 6.07 Å². The Morgan fingerprint density at radius 1 is 1.69 bits per heavy atom. The van der Waals surface area contributed by atoms with Crippen molar-refractivity contribution in [1.29, 1.82) is 5.26 Å². The van der Waals surface area contributed by atoms with Crippen LogP contribution < -0.4 is 0 Å². The second kappa shape index (κ2) is 4.61. The number of nitriles is 1. The van der Waals surface area contributed by atoms with Crippen LogP contribution in [0, 0.1) is 28.4 Å². The fourth-order valence-corrected chi connectivity index (χ4v) is 1.34. The molecule has 0 aromatic carbocycles. The predicted molar refractivity (Wildman–Crippen MR) is 49.9 cm³/mol. The number of alkyl halides is 2. The third-order valence-corrected chi connectivity index (χ3v) is 2.03. The third-order valence-electron chi connectivity index (χ3n) is 2.03. The number of nitro groups is 1. The second-order valence-electron chi connectivity index (χ2n) is 3.02. The smallest absolute Gasteiger partial charge is 0.260 e. The first-order chi connectivity index (χ1) is 7.49. The minimum absolute atomic E-state index is 0.0894. The summed E-state index contributed by atoms with van der Waals surface area (Å²) in [6, 6.07) is 1.68. The number of nitrogens with zero attached hydrogens (tertiary/aromatic N) is 3. The summed E-state index contributed by atoms with van der Waals surface area (Å²) in [5.74, 6) is 0. The van der Waals surface area contributed by atoms with Gasteiger partial charge < -0.3 is 0 Å². The van der Waals surface area contributed by atoms with E-state index in [9.17, 15) is 18.9 Å². The van der Waals surface area contributed by atoms with E-state index in [2.05, 4.69) is 4.98 Å². The van der Waals surface area contributed by atoms with Gasteiger partial charge in [0.15, 0.2) is 0 Å². The van der Waals surface area contributed by atoms with Crippen molar-refractivity contribution < 1.29 is 13.7 Å². The van der Waals surface area contributed by atoms with Gasteiger partial charge in [0, 0.05) is 6.20 Å². The number of halogens is 2.